The maximum Gasteiger partial charge on any atom is 0.306 e. The van der Waals surface area contributed by atoms with Crippen LogP contribution < -0.4 is 5.32 Å². The molecule has 0 saturated carbocycles. The molecule has 1 rings (SSSR count). The van der Waals surface area contributed by atoms with Crippen molar-refractivity contribution < 1.29 is 49.3 Å². The van der Waals surface area contributed by atoms with Gasteiger partial charge in [-0.05, 0) is 103 Å². The quantitative estimate of drug-likeness (QED) is 0.0195. The van der Waals surface area contributed by atoms with E-state index in [1.165, 1.54) is 96.3 Å². The van der Waals surface area contributed by atoms with Crippen LogP contribution in [-0.4, -0.2) is 99.6 Å². The van der Waals surface area contributed by atoms with Gasteiger partial charge in [0.15, 0.2) is 12.4 Å². The number of amides is 1. The Morgan fingerprint density at radius 3 is 1.43 bits per heavy atom. The molecule has 0 aliphatic carbocycles. The summed E-state index contributed by atoms with van der Waals surface area (Å²) in [6.45, 7) is 5.62. The van der Waals surface area contributed by atoms with E-state index in [0.717, 1.165) is 89.9 Å². The summed E-state index contributed by atoms with van der Waals surface area (Å²) in [4.78, 5) is 26.5. The van der Waals surface area contributed by atoms with Crippen LogP contribution in [0, 0.1) is 0 Å². The van der Waals surface area contributed by atoms with Gasteiger partial charge in [-0.2, -0.15) is 0 Å². The summed E-state index contributed by atoms with van der Waals surface area (Å²) in [6.07, 6.45) is 58.8. The Morgan fingerprint density at radius 1 is 0.526 bits per heavy atom. The molecule has 1 amide bonds. The third-order valence-corrected chi connectivity index (χ3v) is 13.7. The first kappa shape index (κ1) is 70.6. The highest BCUT2D eigenvalue weighted by Crippen LogP contribution is 2.26. The summed E-state index contributed by atoms with van der Waals surface area (Å²) in [6, 6.07) is -1.06. The Balaban J connectivity index is 2.76. The van der Waals surface area contributed by atoms with Gasteiger partial charge in [-0.15, -0.1) is 0 Å². The first-order valence-corrected chi connectivity index (χ1v) is 30.5. The third kappa shape index (κ3) is 39.9. The minimum absolute atomic E-state index is 0.0938. The van der Waals surface area contributed by atoms with Crippen LogP contribution in [0.5, 0.6) is 0 Å². The van der Waals surface area contributed by atoms with Gasteiger partial charge in [0.05, 0.1) is 25.4 Å². The van der Waals surface area contributed by atoms with Crippen LogP contribution in [0.2, 0.25) is 0 Å². The molecule has 11 heteroatoms. The van der Waals surface area contributed by atoms with Gasteiger partial charge in [-0.1, -0.05) is 227 Å². The van der Waals surface area contributed by atoms with Crippen molar-refractivity contribution in [3.8, 4) is 0 Å². The molecule has 0 spiro atoms. The Hall–Kier alpha value is -3.42. The second-order valence-electron chi connectivity index (χ2n) is 20.7. The molecule has 11 nitrogen and oxygen atoms in total. The number of ether oxygens (including phenoxy) is 3. The average molecular weight is 1070 g/mol. The van der Waals surface area contributed by atoms with Crippen LogP contribution in [0.25, 0.3) is 0 Å². The highest BCUT2D eigenvalue weighted by Gasteiger charge is 2.47. The lowest BCUT2D eigenvalue weighted by Gasteiger charge is -2.41. The van der Waals surface area contributed by atoms with Crippen LogP contribution in [0.3, 0.4) is 0 Å². The van der Waals surface area contributed by atoms with Crippen molar-refractivity contribution in [1.29, 1.82) is 0 Å². The van der Waals surface area contributed by atoms with Gasteiger partial charge < -0.3 is 45.1 Å². The van der Waals surface area contributed by atoms with E-state index in [4.69, 9.17) is 14.2 Å². The molecule has 1 aliphatic rings. The molecule has 8 unspecified atom stereocenters. The van der Waals surface area contributed by atoms with Gasteiger partial charge in [0.25, 0.3) is 0 Å². The zero-order valence-corrected chi connectivity index (χ0v) is 48.1. The second-order valence-corrected chi connectivity index (χ2v) is 20.7. The van der Waals surface area contributed by atoms with E-state index in [0.29, 0.717) is 19.3 Å². The smallest absolute Gasteiger partial charge is 0.306 e. The Labute approximate surface area is 463 Å². The predicted octanol–water partition coefficient (Wildman–Crippen LogP) is 14.3. The first-order chi connectivity index (χ1) is 37.2. The molecule has 0 aromatic heterocycles. The highest BCUT2D eigenvalue weighted by molar-refractivity contribution is 5.80. The van der Waals surface area contributed by atoms with Crippen molar-refractivity contribution in [3.63, 3.8) is 0 Å². The number of carbonyl (C=O) groups excluding carboxylic acids is 2. The van der Waals surface area contributed by atoms with Crippen molar-refractivity contribution in [2.45, 2.75) is 288 Å². The number of hydrogen-bond donors (Lipinski definition) is 6. The minimum Gasteiger partial charge on any atom is -0.454 e. The van der Waals surface area contributed by atoms with Crippen molar-refractivity contribution in [1.82, 2.24) is 5.32 Å². The van der Waals surface area contributed by atoms with E-state index in [2.05, 4.69) is 105 Å². The molecule has 0 bridgehead atoms. The summed E-state index contributed by atoms with van der Waals surface area (Å²) < 4.78 is 17.6. The molecule has 1 fully saturated rings. The van der Waals surface area contributed by atoms with Crippen LogP contribution in [0.15, 0.2) is 97.2 Å². The third-order valence-electron chi connectivity index (χ3n) is 13.7. The molecule has 1 aliphatic heterocycles. The topological polar surface area (TPSA) is 175 Å². The summed E-state index contributed by atoms with van der Waals surface area (Å²) in [5.74, 6) is -1.26. The molecular weight excluding hydrogens is 955 g/mol. The fourth-order valence-electron chi connectivity index (χ4n) is 8.89. The average Bonchev–Trinajstić information content (AvgIpc) is 3.42. The number of esters is 1. The maximum atomic E-state index is 13.4. The van der Waals surface area contributed by atoms with Crippen LogP contribution >= 0.6 is 0 Å². The van der Waals surface area contributed by atoms with E-state index >= 15 is 0 Å². The number of carbonyl (C=O) groups is 2. The summed E-state index contributed by atoms with van der Waals surface area (Å²) >= 11 is 0. The molecule has 0 radical (unpaired) electrons. The van der Waals surface area contributed by atoms with E-state index in [1.54, 1.807) is 6.08 Å². The summed E-state index contributed by atoms with van der Waals surface area (Å²) in [5, 5.41) is 56.9. The van der Waals surface area contributed by atoms with E-state index in [1.807, 2.05) is 12.2 Å². The fraction of sp³-hybridized carbons (Fsp3) is 0.723. The number of allylic oxidation sites excluding steroid dienone is 15. The van der Waals surface area contributed by atoms with Crippen LogP contribution in [-0.2, 0) is 23.8 Å². The standard InChI is InChI=1S/C65H111NO10/c1-4-7-10-13-16-19-22-25-27-28-29-30-31-32-34-37-40-43-46-49-52-58(69)64(73)66-56(57(68)51-48-45-42-39-36-33-24-21-18-15-12-9-6-3)55-74-65-63(62(72)61(71)59(54-67)75-65)76-60(70)53-50-47-44-41-38-35-26-23-20-17-14-11-8-5-2/h7,10,16,19,25,27,29-30,32,34-35,38,40,43,48,51,56-59,61-63,65,67-69,71-72H,4-6,8-9,11-15,17-18,20-24,26,28,31,33,36-37,39,41-42,44-47,49-50,52-55H2,1-3H3,(H,66,73)/b10-7-,19-16-,27-25-,30-29-,34-32-,38-35-,43-40-,51-48+. The van der Waals surface area contributed by atoms with Crippen LogP contribution in [0.1, 0.15) is 239 Å². The molecule has 0 aromatic rings. The van der Waals surface area contributed by atoms with E-state index in [9.17, 15) is 35.1 Å². The molecule has 8 atom stereocenters. The molecule has 1 saturated heterocycles. The van der Waals surface area contributed by atoms with Gasteiger partial charge >= 0.3 is 5.97 Å². The number of rotatable bonds is 50. The first-order valence-electron chi connectivity index (χ1n) is 30.5. The molecule has 6 N–H and O–H groups in total. The van der Waals surface area contributed by atoms with Crippen molar-refractivity contribution >= 4 is 11.9 Å². The Morgan fingerprint density at radius 2 is 0.947 bits per heavy atom. The van der Waals surface area contributed by atoms with Gasteiger partial charge in [-0.25, -0.2) is 0 Å². The van der Waals surface area contributed by atoms with Crippen molar-refractivity contribution in [2.24, 2.45) is 0 Å². The number of aliphatic hydroxyl groups is 5. The zero-order chi connectivity index (χ0) is 55.4. The second kappa shape index (κ2) is 52.3. The number of aliphatic hydroxyl groups excluding tert-OH is 5. The SMILES string of the molecule is CC/C=C\C/C=C\C/C=C\C/C=C\C/C=C\C/C=C\CCCC(O)C(=O)NC(COC1OC(CO)C(O)C(O)C1OC(=O)CCCCC/C=C\CCCCCCCCC)C(O)/C=C/CCCCCCCCCCCCC. The lowest BCUT2D eigenvalue weighted by atomic mass is 9.99. The van der Waals surface area contributed by atoms with Gasteiger partial charge in [-0.3, -0.25) is 9.59 Å². The zero-order valence-electron chi connectivity index (χ0n) is 48.1. The lowest BCUT2D eigenvalue weighted by molar-refractivity contribution is -0.305. The van der Waals surface area contributed by atoms with Crippen molar-refractivity contribution in [2.75, 3.05) is 13.2 Å². The molecule has 436 valence electrons. The van der Waals surface area contributed by atoms with Crippen molar-refractivity contribution in [3.05, 3.63) is 97.2 Å². The summed E-state index contributed by atoms with van der Waals surface area (Å²) in [7, 11) is 0. The maximum absolute atomic E-state index is 13.4. The van der Waals surface area contributed by atoms with E-state index < -0.39 is 67.4 Å². The number of hydrogen-bond acceptors (Lipinski definition) is 10. The lowest BCUT2D eigenvalue weighted by Crippen LogP contribution is -2.61. The normalized spacial score (nSPS) is 19.8. The van der Waals surface area contributed by atoms with Gasteiger partial charge in [0.2, 0.25) is 5.91 Å². The highest BCUT2D eigenvalue weighted by atomic mass is 16.7. The fourth-order valence-corrected chi connectivity index (χ4v) is 8.89. The summed E-state index contributed by atoms with van der Waals surface area (Å²) in [5.41, 5.74) is 0. The largest absolute Gasteiger partial charge is 0.454 e. The number of unbranched alkanes of at least 4 members (excludes halogenated alkanes) is 22. The number of nitrogens with one attached hydrogen (secondary N) is 1. The van der Waals surface area contributed by atoms with Gasteiger partial charge in [0, 0.05) is 6.42 Å². The molecule has 0 aromatic carbocycles. The van der Waals surface area contributed by atoms with Crippen LogP contribution in [0.4, 0.5) is 0 Å². The predicted molar refractivity (Wildman–Crippen MR) is 315 cm³/mol. The Kier molecular flexibility index (Phi) is 48.6. The molecule has 76 heavy (non-hydrogen) atoms. The van der Waals surface area contributed by atoms with Gasteiger partial charge in [0.1, 0.15) is 24.4 Å². The molecular formula is C65H111NO10. The molecule has 1 heterocycles. The van der Waals surface area contributed by atoms with E-state index in [-0.39, 0.29) is 19.4 Å². The minimum atomic E-state index is -1.63. The Bertz CT molecular complexity index is 1600. The monoisotopic (exact) mass is 1070 g/mol.